The van der Waals surface area contributed by atoms with Crippen LogP contribution in [0.15, 0.2) is 30.3 Å². The van der Waals surface area contributed by atoms with Crippen molar-refractivity contribution in [2.24, 2.45) is 11.8 Å². The summed E-state index contributed by atoms with van der Waals surface area (Å²) < 4.78 is 5.65. The first-order valence-corrected chi connectivity index (χ1v) is 7.83. The van der Waals surface area contributed by atoms with Gasteiger partial charge in [-0.2, -0.15) is 0 Å². The minimum Gasteiger partial charge on any atom is -0.481 e. The normalized spacial score (nSPS) is 28.2. The number of carboxylic acid groups (broad SMARTS) is 1. The molecular formula is C17H21NO4. The van der Waals surface area contributed by atoms with E-state index in [1.807, 2.05) is 18.2 Å². The van der Waals surface area contributed by atoms with E-state index in [1.54, 1.807) is 19.1 Å². The summed E-state index contributed by atoms with van der Waals surface area (Å²) in [6.07, 6.45) is 2.31. The van der Waals surface area contributed by atoms with Crippen molar-refractivity contribution in [1.29, 1.82) is 0 Å². The van der Waals surface area contributed by atoms with E-state index in [-0.39, 0.29) is 11.8 Å². The summed E-state index contributed by atoms with van der Waals surface area (Å²) >= 11 is 0. The highest BCUT2D eigenvalue weighted by Gasteiger charge is 2.50. The number of nitrogens with zero attached hydrogens (tertiary/aromatic N) is 1. The summed E-state index contributed by atoms with van der Waals surface area (Å²) in [5, 5.41) is 9.52. The number of amides is 1. The van der Waals surface area contributed by atoms with Crippen LogP contribution in [0.1, 0.15) is 26.2 Å². The van der Waals surface area contributed by atoms with E-state index in [1.165, 1.54) is 4.90 Å². The largest absolute Gasteiger partial charge is 0.481 e. The lowest BCUT2D eigenvalue weighted by Crippen LogP contribution is -2.48. The highest BCUT2D eigenvalue weighted by molar-refractivity contribution is 5.87. The van der Waals surface area contributed by atoms with Crippen LogP contribution in [0.25, 0.3) is 0 Å². The Labute approximate surface area is 129 Å². The highest BCUT2D eigenvalue weighted by atomic mass is 16.5. The Kier molecular flexibility index (Phi) is 4.05. The van der Waals surface area contributed by atoms with Gasteiger partial charge in [-0.3, -0.25) is 4.79 Å². The molecule has 4 unspecified atom stereocenters. The molecule has 5 nitrogen and oxygen atoms in total. The Morgan fingerprint density at radius 2 is 2.00 bits per heavy atom. The minimum atomic E-state index is -0.894. The summed E-state index contributed by atoms with van der Waals surface area (Å²) in [4.78, 5) is 25.8. The van der Waals surface area contributed by atoms with Crippen molar-refractivity contribution in [3.63, 3.8) is 0 Å². The van der Waals surface area contributed by atoms with Gasteiger partial charge in [-0.15, -0.1) is 0 Å². The molecule has 0 bridgehead atoms. The van der Waals surface area contributed by atoms with Crippen LogP contribution in [0.3, 0.4) is 0 Å². The average molecular weight is 303 g/mol. The van der Waals surface area contributed by atoms with Gasteiger partial charge < -0.3 is 14.7 Å². The zero-order valence-electron chi connectivity index (χ0n) is 12.6. The molecule has 118 valence electrons. The molecule has 2 aliphatic rings. The Hall–Kier alpha value is -2.04. The minimum absolute atomic E-state index is 0.102. The van der Waals surface area contributed by atoms with E-state index in [4.69, 9.17) is 4.74 Å². The third kappa shape index (κ3) is 2.67. The van der Waals surface area contributed by atoms with E-state index >= 15 is 0 Å². The lowest BCUT2D eigenvalue weighted by Gasteiger charge is -2.27. The van der Waals surface area contributed by atoms with Crippen LogP contribution in [-0.4, -0.2) is 40.6 Å². The average Bonchev–Trinajstić information content (AvgIpc) is 3.07. The number of carboxylic acids is 1. The number of aliphatic carboxylic acids is 1. The molecule has 0 aromatic heterocycles. The molecule has 1 amide bonds. The van der Waals surface area contributed by atoms with Crippen molar-refractivity contribution in [3.8, 4) is 5.75 Å². The van der Waals surface area contributed by atoms with Crippen LogP contribution in [0, 0.1) is 11.8 Å². The van der Waals surface area contributed by atoms with Gasteiger partial charge in [-0.25, -0.2) is 4.79 Å². The molecule has 2 fully saturated rings. The van der Waals surface area contributed by atoms with Gasteiger partial charge in [0.05, 0.1) is 0 Å². The lowest BCUT2D eigenvalue weighted by molar-refractivity contribution is -0.152. The monoisotopic (exact) mass is 303 g/mol. The van der Waals surface area contributed by atoms with E-state index in [2.05, 4.69) is 0 Å². The Morgan fingerprint density at radius 1 is 1.27 bits per heavy atom. The molecule has 1 aromatic carbocycles. The fraction of sp³-hybridized carbons (Fsp3) is 0.529. The number of ether oxygens (including phenoxy) is 1. The maximum atomic E-state index is 12.6. The third-order valence-corrected chi connectivity index (χ3v) is 4.83. The molecule has 1 aliphatic heterocycles. The Balaban J connectivity index is 1.72. The van der Waals surface area contributed by atoms with Crippen LogP contribution >= 0.6 is 0 Å². The number of likely N-dealkylation sites (tertiary alicyclic amines) is 1. The van der Waals surface area contributed by atoms with Gasteiger partial charge in [-0.1, -0.05) is 24.6 Å². The second-order valence-electron chi connectivity index (χ2n) is 6.20. The number of hydrogen-bond acceptors (Lipinski definition) is 3. The molecule has 1 heterocycles. The molecule has 1 aromatic rings. The molecule has 3 rings (SSSR count). The lowest BCUT2D eigenvalue weighted by atomic mass is 9.94. The number of benzene rings is 1. The first-order valence-electron chi connectivity index (χ1n) is 7.83. The van der Waals surface area contributed by atoms with Gasteiger partial charge in [0, 0.05) is 6.54 Å². The fourth-order valence-electron chi connectivity index (χ4n) is 3.84. The predicted molar refractivity (Wildman–Crippen MR) is 80.5 cm³/mol. The van der Waals surface area contributed by atoms with Gasteiger partial charge in [0.15, 0.2) is 6.10 Å². The van der Waals surface area contributed by atoms with Crippen molar-refractivity contribution >= 4 is 11.9 Å². The van der Waals surface area contributed by atoms with Crippen LogP contribution in [-0.2, 0) is 9.59 Å². The quantitative estimate of drug-likeness (QED) is 0.925. The molecule has 1 N–H and O–H groups in total. The van der Waals surface area contributed by atoms with Crippen LogP contribution in [0.5, 0.6) is 5.75 Å². The second kappa shape index (κ2) is 5.99. The number of hydrogen-bond donors (Lipinski definition) is 1. The molecule has 0 radical (unpaired) electrons. The molecule has 1 aliphatic carbocycles. The number of para-hydroxylation sites is 1. The number of fused-ring (bicyclic) bond motifs is 1. The molecule has 1 saturated heterocycles. The van der Waals surface area contributed by atoms with Gasteiger partial charge in [-0.05, 0) is 43.7 Å². The predicted octanol–water partition coefficient (Wildman–Crippen LogP) is 2.17. The zero-order valence-corrected chi connectivity index (χ0v) is 12.6. The summed E-state index contributed by atoms with van der Waals surface area (Å²) in [6, 6.07) is 8.44. The van der Waals surface area contributed by atoms with Gasteiger partial charge >= 0.3 is 5.97 Å². The van der Waals surface area contributed by atoms with Crippen LogP contribution in [0.4, 0.5) is 0 Å². The summed E-state index contributed by atoms with van der Waals surface area (Å²) in [6.45, 7) is 2.23. The second-order valence-corrected chi connectivity index (χ2v) is 6.20. The standard InChI is InChI=1S/C17H21NO4/c1-11(22-13-7-3-2-4-8-13)16(19)18-10-12-6-5-9-14(12)15(18)17(20)21/h2-4,7-8,11-12,14-15H,5-6,9-10H2,1H3,(H,20,21). The number of rotatable bonds is 4. The smallest absolute Gasteiger partial charge is 0.326 e. The maximum absolute atomic E-state index is 12.6. The van der Waals surface area contributed by atoms with Crippen LogP contribution in [0.2, 0.25) is 0 Å². The Bertz CT molecular complexity index is 559. The molecule has 22 heavy (non-hydrogen) atoms. The van der Waals surface area contributed by atoms with Crippen molar-refractivity contribution in [3.05, 3.63) is 30.3 Å². The fourth-order valence-corrected chi connectivity index (χ4v) is 3.84. The van der Waals surface area contributed by atoms with Gasteiger partial charge in [0.25, 0.3) is 5.91 Å². The van der Waals surface area contributed by atoms with Gasteiger partial charge in [0.1, 0.15) is 11.8 Å². The number of carbonyl (C=O) groups is 2. The molecular weight excluding hydrogens is 282 g/mol. The zero-order chi connectivity index (χ0) is 15.7. The van der Waals surface area contributed by atoms with E-state index in [0.717, 1.165) is 19.3 Å². The van der Waals surface area contributed by atoms with E-state index in [9.17, 15) is 14.7 Å². The molecule has 0 spiro atoms. The Morgan fingerprint density at radius 3 is 2.68 bits per heavy atom. The van der Waals surface area contributed by atoms with Crippen molar-refractivity contribution < 1.29 is 19.4 Å². The van der Waals surface area contributed by atoms with Crippen molar-refractivity contribution in [2.45, 2.75) is 38.3 Å². The van der Waals surface area contributed by atoms with Crippen LogP contribution < -0.4 is 4.74 Å². The molecule has 4 atom stereocenters. The maximum Gasteiger partial charge on any atom is 0.326 e. The SMILES string of the molecule is CC(Oc1ccccc1)C(=O)N1CC2CCCC2C1C(=O)O. The molecule has 1 saturated carbocycles. The van der Waals surface area contributed by atoms with E-state index in [0.29, 0.717) is 18.2 Å². The molecule has 5 heteroatoms. The first-order chi connectivity index (χ1) is 10.6. The van der Waals surface area contributed by atoms with E-state index < -0.39 is 18.1 Å². The third-order valence-electron chi connectivity index (χ3n) is 4.83. The summed E-state index contributed by atoms with van der Waals surface area (Å²) in [5.74, 6) is -0.0747. The first kappa shape index (κ1) is 14.9. The number of carbonyl (C=O) groups excluding carboxylic acids is 1. The van der Waals surface area contributed by atoms with Crippen molar-refractivity contribution in [1.82, 2.24) is 4.90 Å². The van der Waals surface area contributed by atoms with Gasteiger partial charge in [0.2, 0.25) is 0 Å². The highest BCUT2D eigenvalue weighted by Crippen LogP contribution is 2.42. The summed E-state index contributed by atoms with van der Waals surface area (Å²) in [5.41, 5.74) is 0. The van der Waals surface area contributed by atoms with Crippen molar-refractivity contribution in [2.75, 3.05) is 6.54 Å². The summed E-state index contributed by atoms with van der Waals surface area (Å²) in [7, 11) is 0. The topological polar surface area (TPSA) is 66.8 Å².